The van der Waals surface area contributed by atoms with Crippen molar-refractivity contribution in [1.82, 2.24) is 4.90 Å². The van der Waals surface area contributed by atoms with E-state index in [1.54, 1.807) is 14.1 Å². The first-order chi connectivity index (χ1) is 8.59. The molecule has 0 aromatic heterocycles. The zero-order chi connectivity index (χ0) is 13.1. The molecular formula is C13H17NO3S. The second-order valence-electron chi connectivity index (χ2n) is 4.48. The highest BCUT2D eigenvalue weighted by Gasteiger charge is 2.27. The van der Waals surface area contributed by atoms with Gasteiger partial charge in [-0.25, -0.2) is 0 Å². The Kier molecular flexibility index (Phi) is 4.01. The van der Waals surface area contributed by atoms with Gasteiger partial charge in [-0.1, -0.05) is 18.2 Å². The number of hydrogen-bond acceptors (Lipinski definition) is 3. The van der Waals surface area contributed by atoms with Gasteiger partial charge in [-0.05, 0) is 6.07 Å². The fraction of sp³-hybridized carbons (Fsp3) is 0.462. The number of ether oxygens (including phenoxy) is 1. The van der Waals surface area contributed by atoms with E-state index >= 15 is 0 Å². The van der Waals surface area contributed by atoms with Crippen molar-refractivity contribution in [2.45, 2.75) is 11.7 Å². The van der Waals surface area contributed by atoms with E-state index in [9.17, 15) is 9.00 Å². The lowest BCUT2D eigenvalue weighted by atomic mass is 10.1. The van der Waals surface area contributed by atoms with Crippen LogP contribution in [0.3, 0.4) is 0 Å². The normalized spacial score (nSPS) is 19.6. The third-order valence-electron chi connectivity index (χ3n) is 2.99. The zero-order valence-corrected chi connectivity index (χ0v) is 11.4. The number of hydrogen-bond donors (Lipinski definition) is 0. The lowest BCUT2D eigenvalue weighted by molar-refractivity contribution is -0.125. The average Bonchev–Trinajstić information content (AvgIpc) is 2.37. The van der Waals surface area contributed by atoms with Crippen molar-refractivity contribution >= 4 is 16.7 Å². The zero-order valence-electron chi connectivity index (χ0n) is 10.6. The highest BCUT2D eigenvalue weighted by atomic mass is 32.2. The molecule has 1 aliphatic rings. The van der Waals surface area contributed by atoms with Crippen molar-refractivity contribution in [3.63, 3.8) is 0 Å². The first-order valence-corrected chi connectivity index (χ1v) is 7.27. The highest BCUT2D eigenvalue weighted by Crippen LogP contribution is 2.35. The van der Waals surface area contributed by atoms with E-state index in [0.29, 0.717) is 13.0 Å². The number of carbonyl (C=O) groups is 1. The smallest absolute Gasteiger partial charge is 0.234 e. The molecule has 2 rings (SSSR count). The van der Waals surface area contributed by atoms with Crippen LogP contribution < -0.4 is 4.74 Å². The number of para-hydroxylation sites is 1. The molecule has 2 unspecified atom stereocenters. The topological polar surface area (TPSA) is 46.6 Å². The molecule has 2 atom stereocenters. The minimum Gasteiger partial charge on any atom is -0.493 e. The summed E-state index contributed by atoms with van der Waals surface area (Å²) in [7, 11) is 2.17. The maximum atomic E-state index is 12.3. The molecule has 0 bridgehead atoms. The van der Waals surface area contributed by atoms with Crippen LogP contribution in [0.4, 0.5) is 0 Å². The van der Waals surface area contributed by atoms with Gasteiger partial charge in [-0.2, -0.15) is 0 Å². The van der Waals surface area contributed by atoms with Gasteiger partial charge in [0.1, 0.15) is 11.5 Å². The number of nitrogens with zero attached hydrogens (tertiary/aromatic N) is 1. The molecule has 18 heavy (non-hydrogen) atoms. The van der Waals surface area contributed by atoms with E-state index in [1.807, 2.05) is 24.3 Å². The molecular weight excluding hydrogens is 250 g/mol. The van der Waals surface area contributed by atoms with Crippen LogP contribution in [0.25, 0.3) is 0 Å². The van der Waals surface area contributed by atoms with Crippen LogP contribution in [0, 0.1) is 0 Å². The summed E-state index contributed by atoms with van der Waals surface area (Å²) in [4.78, 5) is 13.1. The van der Waals surface area contributed by atoms with Gasteiger partial charge >= 0.3 is 0 Å². The third-order valence-corrected chi connectivity index (χ3v) is 4.64. The first-order valence-electron chi connectivity index (χ1n) is 5.88. The molecule has 1 aliphatic heterocycles. The Hall–Kier alpha value is -1.36. The van der Waals surface area contributed by atoms with Crippen LogP contribution in [0.15, 0.2) is 24.3 Å². The van der Waals surface area contributed by atoms with Gasteiger partial charge < -0.3 is 9.64 Å². The van der Waals surface area contributed by atoms with Gasteiger partial charge in [-0.15, -0.1) is 0 Å². The largest absolute Gasteiger partial charge is 0.493 e. The van der Waals surface area contributed by atoms with Gasteiger partial charge in [0.15, 0.2) is 0 Å². The Morgan fingerprint density at radius 3 is 2.89 bits per heavy atom. The summed E-state index contributed by atoms with van der Waals surface area (Å²) in [5.74, 6) is 0.767. The Balaban J connectivity index is 2.15. The Morgan fingerprint density at radius 1 is 1.44 bits per heavy atom. The second-order valence-corrected chi connectivity index (χ2v) is 6.10. The number of fused-ring (bicyclic) bond motifs is 1. The fourth-order valence-electron chi connectivity index (χ4n) is 1.93. The molecule has 0 saturated heterocycles. The molecule has 1 aromatic carbocycles. The van der Waals surface area contributed by atoms with Crippen LogP contribution in [0.5, 0.6) is 5.75 Å². The number of benzene rings is 1. The highest BCUT2D eigenvalue weighted by molar-refractivity contribution is 7.86. The predicted octanol–water partition coefficient (Wildman–Crippen LogP) is 1.35. The Labute approximate surface area is 109 Å². The summed E-state index contributed by atoms with van der Waals surface area (Å²) >= 11 is 0. The van der Waals surface area contributed by atoms with Crippen molar-refractivity contribution in [3.05, 3.63) is 29.8 Å². The van der Waals surface area contributed by atoms with Crippen molar-refractivity contribution in [1.29, 1.82) is 0 Å². The molecule has 5 heteroatoms. The van der Waals surface area contributed by atoms with Gasteiger partial charge in [0.25, 0.3) is 0 Å². The maximum Gasteiger partial charge on any atom is 0.234 e. The summed E-state index contributed by atoms with van der Waals surface area (Å²) in [6.07, 6.45) is 0.699. The molecule has 98 valence electrons. The minimum absolute atomic E-state index is 0.0754. The molecule has 0 saturated carbocycles. The van der Waals surface area contributed by atoms with Crippen LogP contribution in [-0.4, -0.2) is 41.5 Å². The fourth-order valence-corrected chi connectivity index (χ4v) is 3.47. The molecule has 1 heterocycles. The molecule has 4 nitrogen and oxygen atoms in total. The van der Waals surface area contributed by atoms with Crippen molar-refractivity contribution in [3.8, 4) is 5.75 Å². The van der Waals surface area contributed by atoms with Crippen LogP contribution in [-0.2, 0) is 15.6 Å². The molecule has 0 N–H and O–H groups in total. The molecule has 0 spiro atoms. The summed E-state index contributed by atoms with van der Waals surface area (Å²) in [5, 5.41) is -0.0983. The standard InChI is InChI=1S/C13H17NO3S/c1-14(2)13(15)9-18(16)12-7-8-17-11-6-4-3-5-10(11)12/h3-6,12H,7-9H2,1-2H3. The Bertz CT molecular complexity index is 473. The lowest BCUT2D eigenvalue weighted by Gasteiger charge is -2.25. The molecule has 0 fully saturated rings. The van der Waals surface area contributed by atoms with E-state index < -0.39 is 10.8 Å². The van der Waals surface area contributed by atoms with E-state index in [2.05, 4.69) is 0 Å². The summed E-state index contributed by atoms with van der Waals surface area (Å²) in [5.41, 5.74) is 0.952. The third kappa shape index (κ3) is 2.72. The monoisotopic (exact) mass is 267 g/mol. The van der Waals surface area contributed by atoms with Crippen molar-refractivity contribution < 1.29 is 13.7 Å². The average molecular weight is 267 g/mol. The van der Waals surface area contributed by atoms with E-state index in [0.717, 1.165) is 11.3 Å². The van der Waals surface area contributed by atoms with Gasteiger partial charge in [0.05, 0.1) is 11.9 Å². The van der Waals surface area contributed by atoms with Crippen LogP contribution in [0.2, 0.25) is 0 Å². The number of carbonyl (C=O) groups excluding carboxylic acids is 1. The quantitative estimate of drug-likeness (QED) is 0.830. The molecule has 0 radical (unpaired) electrons. The van der Waals surface area contributed by atoms with Crippen LogP contribution >= 0.6 is 0 Å². The molecule has 0 aliphatic carbocycles. The van der Waals surface area contributed by atoms with Crippen molar-refractivity contribution in [2.75, 3.05) is 26.5 Å². The SMILES string of the molecule is CN(C)C(=O)CS(=O)C1CCOc2ccccc21. The first kappa shape index (κ1) is 13.1. The summed E-state index contributed by atoms with van der Waals surface area (Å²) in [6.45, 7) is 0.559. The predicted molar refractivity (Wildman–Crippen MR) is 71.0 cm³/mol. The van der Waals surface area contributed by atoms with Gasteiger partial charge in [0, 0.05) is 36.9 Å². The maximum absolute atomic E-state index is 12.3. The second kappa shape index (κ2) is 5.52. The summed E-state index contributed by atoms with van der Waals surface area (Å²) < 4.78 is 17.8. The van der Waals surface area contributed by atoms with E-state index in [4.69, 9.17) is 4.74 Å². The van der Waals surface area contributed by atoms with Gasteiger partial charge in [-0.3, -0.25) is 9.00 Å². The minimum atomic E-state index is -1.19. The lowest BCUT2D eigenvalue weighted by Crippen LogP contribution is -2.30. The molecule has 1 aromatic rings. The van der Waals surface area contributed by atoms with Gasteiger partial charge in [0.2, 0.25) is 5.91 Å². The number of amides is 1. The Morgan fingerprint density at radius 2 is 2.17 bits per heavy atom. The van der Waals surface area contributed by atoms with Crippen molar-refractivity contribution in [2.24, 2.45) is 0 Å². The van der Waals surface area contributed by atoms with E-state index in [-0.39, 0.29) is 16.9 Å². The van der Waals surface area contributed by atoms with Crippen LogP contribution in [0.1, 0.15) is 17.2 Å². The number of rotatable bonds is 3. The molecule has 1 amide bonds. The van der Waals surface area contributed by atoms with E-state index in [1.165, 1.54) is 4.90 Å². The summed E-state index contributed by atoms with van der Waals surface area (Å²) in [6, 6.07) is 7.62.